The lowest BCUT2D eigenvalue weighted by molar-refractivity contribution is 0.0696. The van der Waals surface area contributed by atoms with E-state index >= 15 is 0 Å². The van der Waals surface area contributed by atoms with Crippen LogP contribution in [0.15, 0.2) is 34.9 Å². The van der Waals surface area contributed by atoms with E-state index in [9.17, 15) is 14.7 Å². The van der Waals surface area contributed by atoms with Gasteiger partial charge in [0.05, 0.1) is 26.0 Å². The molecule has 0 saturated heterocycles. The van der Waals surface area contributed by atoms with Gasteiger partial charge in [0.15, 0.2) is 23.5 Å². The summed E-state index contributed by atoms with van der Waals surface area (Å²) in [6.45, 7) is 0. The van der Waals surface area contributed by atoms with Gasteiger partial charge in [-0.3, -0.25) is 4.79 Å². The second kappa shape index (κ2) is 7.59. The number of hydrogen-bond acceptors (Lipinski definition) is 6. The van der Waals surface area contributed by atoms with Crippen LogP contribution in [0.5, 0.6) is 17.2 Å². The van der Waals surface area contributed by atoms with Crippen molar-refractivity contribution in [1.29, 1.82) is 0 Å². The maximum absolute atomic E-state index is 10.7. The zero-order valence-electron chi connectivity index (χ0n) is 11.4. The van der Waals surface area contributed by atoms with Crippen LogP contribution >= 0.6 is 0 Å². The van der Waals surface area contributed by atoms with Gasteiger partial charge < -0.3 is 24.1 Å². The van der Waals surface area contributed by atoms with Gasteiger partial charge in [0.2, 0.25) is 5.75 Å². The Hall–Kier alpha value is -2.96. The molecule has 7 nitrogen and oxygen atoms in total. The van der Waals surface area contributed by atoms with Gasteiger partial charge in [-0.1, -0.05) is 0 Å². The lowest BCUT2D eigenvalue weighted by atomic mass is 10.2. The summed E-state index contributed by atoms with van der Waals surface area (Å²) >= 11 is 0. The summed E-state index contributed by atoms with van der Waals surface area (Å²) in [4.78, 5) is 20.4. The van der Waals surface area contributed by atoms with Crippen molar-refractivity contribution in [3.8, 4) is 17.2 Å². The zero-order valence-corrected chi connectivity index (χ0v) is 11.4. The molecule has 0 fully saturated rings. The number of carboxylic acid groups (broad SMARTS) is 1. The van der Waals surface area contributed by atoms with Gasteiger partial charge in [0.1, 0.15) is 0 Å². The van der Waals surface area contributed by atoms with Crippen LogP contribution in [0.25, 0.3) is 0 Å². The van der Waals surface area contributed by atoms with Crippen molar-refractivity contribution in [1.82, 2.24) is 0 Å². The number of carbonyl (C=O) groups excluding carboxylic acids is 1. The Bertz CT molecular complexity index is 577. The minimum absolute atomic E-state index is 0.00324. The largest absolute Gasteiger partial charge is 0.502 e. The number of hydrogen-bond donors (Lipinski definition) is 2. The van der Waals surface area contributed by atoms with Crippen LogP contribution in [-0.2, 0) is 0 Å². The lowest BCUT2D eigenvalue weighted by Crippen LogP contribution is -1.98. The van der Waals surface area contributed by atoms with Crippen LogP contribution in [0.3, 0.4) is 0 Å². The molecule has 2 rings (SSSR count). The molecule has 0 aliphatic carbocycles. The van der Waals surface area contributed by atoms with Crippen molar-refractivity contribution in [3.05, 3.63) is 41.9 Å². The summed E-state index contributed by atoms with van der Waals surface area (Å²) in [7, 11) is 2.67. The highest BCUT2D eigenvalue weighted by Crippen LogP contribution is 2.36. The molecular weight excluding hydrogens is 280 g/mol. The van der Waals surface area contributed by atoms with Crippen molar-refractivity contribution in [2.24, 2.45) is 0 Å². The van der Waals surface area contributed by atoms with Crippen LogP contribution in [0, 0.1) is 0 Å². The molecule has 1 aromatic heterocycles. The first kappa shape index (κ1) is 16.1. The van der Waals surface area contributed by atoms with E-state index in [1.54, 1.807) is 12.1 Å². The molecule has 2 N–H and O–H groups in total. The number of phenolic OH excluding ortho intramolecular Hbond substituents is 1. The molecule has 0 bridgehead atoms. The first-order valence-electron chi connectivity index (χ1n) is 5.70. The van der Waals surface area contributed by atoms with E-state index in [0.717, 1.165) is 0 Å². The topological polar surface area (TPSA) is 106 Å². The summed E-state index contributed by atoms with van der Waals surface area (Å²) in [5.41, 5.74) is -0.00324. The number of aromatic hydroxyl groups is 1. The molecule has 0 aliphatic rings. The normalized spacial score (nSPS) is 9.24. The van der Waals surface area contributed by atoms with Gasteiger partial charge in [0.25, 0.3) is 0 Å². The van der Waals surface area contributed by atoms with Gasteiger partial charge >= 0.3 is 5.97 Å². The number of methoxy groups -OCH3 is 2. The number of aldehydes is 1. The standard InChI is InChI=1S/C9H10O5.C5H4O2/c1-13-6-3-5(9(11)12)4-7(14-2)8(6)10;6-4-5-2-1-3-7-5/h3-4,10H,1-2H3,(H,11,12);1-4H. The van der Waals surface area contributed by atoms with Gasteiger partial charge in [-0.2, -0.15) is 0 Å². The van der Waals surface area contributed by atoms with E-state index in [2.05, 4.69) is 4.42 Å². The fourth-order valence-corrected chi connectivity index (χ4v) is 1.38. The molecule has 7 heteroatoms. The predicted molar refractivity (Wildman–Crippen MR) is 72.3 cm³/mol. The highest BCUT2D eigenvalue weighted by atomic mass is 16.5. The van der Waals surface area contributed by atoms with Crippen molar-refractivity contribution in [2.75, 3.05) is 14.2 Å². The van der Waals surface area contributed by atoms with Crippen LogP contribution in [-0.4, -0.2) is 36.7 Å². The Morgan fingerprint density at radius 2 is 1.81 bits per heavy atom. The van der Waals surface area contributed by atoms with Crippen molar-refractivity contribution in [2.45, 2.75) is 0 Å². The van der Waals surface area contributed by atoms with E-state index < -0.39 is 5.97 Å². The first-order chi connectivity index (χ1) is 10.0. The number of phenols is 1. The van der Waals surface area contributed by atoms with Gasteiger partial charge in [-0.25, -0.2) is 4.79 Å². The van der Waals surface area contributed by atoms with Crippen molar-refractivity contribution >= 4 is 12.3 Å². The third kappa shape index (κ3) is 4.27. The van der Waals surface area contributed by atoms with Crippen molar-refractivity contribution in [3.63, 3.8) is 0 Å². The number of benzene rings is 1. The first-order valence-corrected chi connectivity index (χ1v) is 5.70. The quantitative estimate of drug-likeness (QED) is 0.832. The number of aromatic carboxylic acids is 1. The number of carbonyl (C=O) groups is 2. The summed E-state index contributed by atoms with van der Waals surface area (Å²) in [5, 5.41) is 18.2. The molecule has 21 heavy (non-hydrogen) atoms. The summed E-state index contributed by atoms with van der Waals surface area (Å²) < 4.78 is 14.2. The van der Waals surface area contributed by atoms with Gasteiger partial charge in [0, 0.05) is 0 Å². The smallest absolute Gasteiger partial charge is 0.335 e. The fourth-order valence-electron chi connectivity index (χ4n) is 1.38. The summed E-state index contributed by atoms with van der Waals surface area (Å²) in [6.07, 6.45) is 2.13. The maximum Gasteiger partial charge on any atom is 0.335 e. The maximum atomic E-state index is 10.7. The molecule has 0 unspecified atom stereocenters. The molecule has 0 radical (unpaired) electrons. The van der Waals surface area contributed by atoms with E-state index in [0.29, 0.717) is 12.0 Å². The van der Waals surface area contributed by atoms with Gasteiger partial charge in [-0.05, 0) is 24.3 Å². The lowest BCUT2D eigenvalue weighted by Gasteiger charge is -2.08. The Balaban J connectivity index is 0.000000262. The SMILES string of the molecule is COc1cc(C(=O)O)cc(OC)c1O.O=Cc1ccco1. The molecular formula is C14H14O7. The summed E-state index contributed by atoms with van der Waals surface area (Å²) in [6, 6.07) is 5.72. The molecule has 0 atom stereocenters. The molecule has 0 spiro atoms. The number of furan rings is 1. The molecule has 0 saturated carbocycles. The highest BCUT2D eigenvalue weighted by Gasteiger charge is 2.14. The fraction of sp³-hybridized carbons (Fsp3) is 0.143. The van der Waals surface area contributed by atoms with Crippen LogP contribution in [0.4, 0.5) is 0 Å². The average Bonchev–Trinajstić information content (AvgIpc) is 3.01. The minimum Gasteiger partial charge on any atom is -0.502 e. The van der Waals surface area contributed by atoms with E-state index in [1.807, 2.05) is 0 Å². The second-order valence-corrected chi connectivity index (χ2v) is 3.67. The van der Waals surface area contributed by atoms with Crippen LogP contribution in [0.2, 0.25) is 0 Å². The van der Waals surface area contributed by atoms with Gasteiger partial charge in [-0.15, -0.1) is 0 Å². The Morgan fingerprint density at radius 1 is 1.24 bits per heavy atom. The Kier molecular flexibility index (Phi) is 5.81. The zero-order chi connectivity index (χ0) is 15.8. The van der Waals surface area contributed by atoms with E-state index in [-0.39, 0.29) is 22.8 Å². The molecule has 1 heterocycles. The van der Waals surface area contributed by atoms with Crippen molar-refractivity contribution < 1.29 is 33.7 Å². The Morgan fingerprint density at radius 3 is 2.10 bits per heavy atom. The number of ether oxygens (including phenoxy) is 2. The van der Waals surface area contributed by atoms with Crippen LogP contribution < -0.4 is 9.47 Å². The Labute approximate surface area is 120 Å². The molecule has 1 aromatic carbocycles. The molecule has 0 amide bonds. The predicted octanol–water partition coefficient (Wildman–Crippen LogP) is 2.20. The van der Waals surface area contributed by atoms with E-state index in [4.69, 9.17) is 14.6 Å². The minimum atomic E-state index is -1.11. The molecule has 112 valence electrons. The molecule has 2 aromatic rings. The number of rotatable bonds is 4. The average molecular weight is 294 g/mol. The third-order valence-corrected chi connectivity index (χ3v) is 2.39. The van der Waals surface area contributed by atoms with Crippen LogP contribution in [0.1, 0.15) is 20.9 Å². The molecule has 0 aliphatic heterocycles. The monoisotopic (exact) mass is 294 g/mol. The highest BCUT2D eigenvalue weighted by molar-refractivity contribution is 5.89. The summed E-state index contributed by atoms with van der Waals surface area (Å²) in [5.74, 6) is -0.801. The van der Waals surface area contributed by atoms with E-state index in [1.165, 1.54) is 32.6 Å². The number of carboxylic acids is 1. The third-order valence-electron chi connectivity index (χ3n) is 2.39. The second-order valence-electron chi connectivity index (χ2n) is 3.67.